The van der Waals surface area contributed by atoms with Crippen molar-refractivity contribution >= 4 is 40.2 Å². The minimum atomic E-state index is -0.578. The van der Waals surface area contributed by atoms with Crippen LogP contribution in [0.1, 0.15) is 135 Å². The Labute approximate surface area is 430 Å². The van der Waals surface area contributed by atoms with Crippen molar-refractivity contribution in [3.8, 4) is 40.6 Å². The van der Waals surface area contributed by atoms with E-state index >= 15 is 0 Å². The maximum Gasteiger partial charge on any atom is 0.343 e. The van der Waals surface area contributed by atoms with Gasteiger partial charge in [0.25, 0.3) is 0 Å². The fourth-order valence-corrected chi connectivity index (χ4v) is 7.38. The largest absolute Gasteiger partial charge is 0.494 e. The number of Topliss-reactive ketones (excluding diaryl/α,β-unsaturated/α-hetero) is 1. The molecular weight excluding hydrogens is 925 g/mol. The smallest absolute Gasteiger partial charge is 0.343 e. The number of unbranched alkanes of at least 4 members (excludes halogenated alkanes) is 10. The van der Waals surface area contributed by atoms with E-state index in [1.165, 1.54) is 6.07 Å². The lowest BCUT2D eigenvalue weighted by molar-refractivity contribution is -0.137. The Hall–Kier alpha value is -7.65. The van der Waals surface area contributed by atoms with Crippen LogP contribution in [-0.4, -0.2) is 69.1 Å². The Kier molecular flexibility index (Phi) is 24.9. The van der Waals surface area contributed by atoms with Crippen molar-refractivity contribution in [2.75, 3.05) is 39.6 Å². The van der Waals surface area contributed by atoms with Gasteiger partial charge >= 0.3 is 17.9 Å². The summed E-state index contributed by atoms with van der Waals surface area (Å²) in [6.45, 7) is 11.5. The fourth-order valence-electron chi connectivity index (χ4n) is 7.38. The molecule has 384 valence electrons. The predicted molar refractivity (Wildman–Crippen MR) is 283 cm³/mol. The third-order valence-electron chi connectivity index (χ3n) is 11.5. The normalized spacial score (nSPS) is 10.6. The minimum absolute atomic E-state index is 0.196. The first kappa shape index (κ1) is 56.3. The standard InChI is InChI=1S/C61H68O12/c1-4-7-14-42-72-61(66)55-45-54(73-60(65)48-27-32-52(33-28-48)68-38-16-9-11-18-41-71-59(64)6-3)35-36-58(55)70-40-17-10-8-15-37-67-51-30-24-46(25-31-51)21-22-47-23-26-50-44-53(34-29-49(50)43-47)69-39-19-12-13-20-57(63)56(62)5-2/h5-6,23-36,43-45H,2-4,7-20,37-42H2,1H3. The molecule has 0 saturated carbocycles. The van der Waals surface area contributed by atoms with Gasteiger partial charge in [0.1, 0.15) is 34.3 Å². The van der Waals surface area contributed by atoms with Crippen LogP contribution in [0.5, 0.6) is 28.7 Å². The molecule has 0 amide bonds. The average Bonchev–Trinajstić information content (AvgIpc) is 3.41. The number of esters is 3. The SMILES string of the molecule is C=CC(=O)OCCCCCCOc1ccc(C(=O)Oc2ccc(OCCCCCCOc3ccc(C#Cc4ccc5cc(OCCCCCC(=O)C(=O)C=C)ccc5c4)cc3)c(C(=O)OCCCCC)c2)cc1. The summed E-state index contributed by atoms with van der Waals surface area (Å²) in [5, 5.41) is 2.11. The molecule has 0 radical (unpaired) electrons. The Morgan fingerprint density at radius 3 is 1.64 bits per heavy atom. The van der Waals surface area contributed by atoms with Crippen LogP contribution in [0.2, 0.25) is 0 Å². The van der Waals surface area contributed by atoms with Crippen LogP contribution in [0.15, 0.2) is 128 Å². The number of fused-ring (bicyclic) bond motifs is 1. The summed E-state index contributed by atoms with van der Waals surface area (Å²) in [6.07, 6.45) is 14.3. The quantitative estimate of drug-likeness (QED) is 0.00964. The summed E-state index contributed by atoms with van der Waals surface area (Å²) in [6, 6.07) is 31.2. The molecule has 5 aromatic rings. The number of hydrogen-bond acceptors (Lipinski definition) is 12. The lowest BCUT2D eigenvalue weighted by Crippen LogP contribution is -2.12. The van der Waals surface area contributed by atoms with Gasteiger partial charge in [0.15, 0.2) is 0 Å². The van der Waals surface area contributed by atoms with Gasteiger partial charge in [-0.05, 0) is 185 Å². The van der Waals surface area contributed by atoms with E-state index in [4.69, 9.17) is 33.2 Å². The van der Waals surface area contributed by atoms with Crippen molar-refractivity contribution in [1.29, 1.82) is 0 Å². The molecule has 0 fully saturated rings. The topological polar surface area (TPSA) is 150 Å². The number of carbonyl (C=O) groups excluding carboxylic acids is 5. The zero-order valence-electron chi connectivity index (χ0n) is 42.1. The number of rotatable bonds is 34. The van der Waals surface area contributed by atoms with Crippen molar-refractivity contribution in [1.82, 2.24) is 0 Å². The highest BCUT2D eigenvalue weighted by molar-refractivity contribution is 6.41. The molecule has 73 heavy (non-hydrogen) atoms. The molecule has 0 atom stereocenters. The average molecular weight is 993 g/mol. The molecule has 0 spiro atoms. The summed E-state index contributed by atoms with van der Waals surface area (Å²) in [5.41, 5.74) is 2.31. The maximum absolute atomic E-state index is 13.2. The Morgan fingerprint density at radius 2 is 0.986 bits per heavy atom. The lowest BCUT2D eigenvalue weighted by atomic mass is 10.1. The highest BCUT2D eigenvalue weighted by Crippen LogP contribution is 2.28. The molecule has 12 nitrogen and oxygen atoms in total. The van der Waals surface area contributed by atoms with Crippen molar-refractivity contribution in [3.05, 3.63) is 151 Å². The van der Waals surface area contributed by atoms with E-state index in [0.29, 0.717) is 56.5 Å². The van der Waals surface area contributed by atoms with E-state index in [-0.39, 0.29) is 24.3 Å². The van der Waals surface area contributed by atoms with Crippen LogP contribution in [0.25, 0.3) is 10.8 Å². The van der Waals surface area contributed by atoms with Gasteiger partial charge in [-0.25, -0.2) is 14.4 Å². The molecule has 0 unspecified atom stereocenters. The van der Waals surface area contributed by atoms with Gasteiger partial charge in [0.05, 0.1) is 45.2 Å². The first-order valence-electron chi connectivity index (χ1n) is 25.4. The van der Waals surface area contributed by atoms with E-state index in [0.717, 1.165) is 129 Å². The fraction of sp³-hybridized carbons (Fsp3) is 0.361. The van der Waals surface area contributed by atoms with Crippen LogP contribution >= 0.6 is 0 Å². The van der Waals surface area contributed by atoms with E-state index in [1.807, 2.05) is 54.6 Å². The first-order chi connectivity index (χ1) is 35.6. The summed E-state index contributed by atoms with van der Waals surface area (Å²) in [7, 11) is 0. The van der Waals surface area contributed by atoms with Gasteiger partial charge in [-0.15, -0.1) is 0 Å². The summed E-state index contributed by atoms with van der Waals surface area (Å²) < 4.78 is 40.0. The van der Waals surface area contributed by atoms with Crippen molar-refractivity contribution in [2.24, 2.45) is 0 Å². The molecular formula is C61H68O12. The molecule has 0 saturated heterocycles. The molecule has 0 aliphatic carbocycles. The summed E-state index contributed by atoms with van der Waals surface area (Å²) in [5.74, 6) is 6.81. The number of ether oxygens (including phenoxy) is 7. The molecule has 5 aromatic carbocycles. The van der Waals surface area contributed by atoms with Gasteiger partial charge in [0, 0.05) is 23.6 Å². The summed E-state index contributed by atoms with van der Waals surface area (Å²) >= 11 is 0. The van der Waals surface area contributed by atoms with Gasteiger partial charge in [0.2, 0.25) is 11.6 Å². The molecule has 0 aliphatic rings. The Morgan fingerprint density at radius 1 is 0.466 bits per heavy atom. The molecule has 12 heteroatoms. The van der Waals surface area contributed by atoms with Crippen LogP contribution in [0.4, 0.5) is 0 Å². The van der Waals surface area contributed by atoms with Gasteiger partial charge in [-0.2, -0.15) is 0 Å². The van der Waals surface area contributed by atoms with E-state index in [9.17, 15) is 24.0 Å². The second kappa shape index (κ2) is 32.3. The van der Waals surface area contributed by atoms with Crippen molar-refractivity contribution in [2.45, 2.75) is 103 Å². The Balaban J connectivity index is 0.990. The minimum Gasteiger partial charge on any atom is -0.494 e. The van der Waals surface area contributed by atoms with E-state index in [1.54, 1.807) is 36.4 Å². The molecule has 0 aliphatic heterocycles. The van der Waals surface area contributed by atoms with Crippen molar-refractivity contribution < 1.29 is 57.1 Å². The van der Waals surface area contributed by atoms with Crippen LogP contribution < -0.4 is 23.7 Å². The number of carbonyl (C=O) groups is 5. The number of hydrogen-bond donors (Lipinski definition) is 0. The maximum atomic E-state index is 13.2. The van der Waals surface area contributed by atoms with Crippen molar-refractivity contribution in [3.63, 3.8) is 0 Å². The molecule has 0 N–H and O–H groups in total. The monoisotopic (exact) mass is 992 g/mol. The number of ketones is 2. The third-order valence-corrected chi connectivity index (χ3v) is 11.5. The third kappa shape index (κ3) is 20.9. The molecule has 0 heterocycles. The number of benzene rings is 5. The van der Waals surface area contributed by atoms with Crippen LogP contribution in [0.3, 0.4) is 0 Å². The van der Waals surface area contributed by atoms with E-state index in [2.05, 4.69) is 38.0 Å². The predicted octanol–water partition coefficient (Wildman–Crippen LogP) is 12.8. The Bertz CT molecular complexity index is 2640. The first-order valence-corrected chi connectivity index (χ1v) is 25.4. The van der Waals surface area contributed by atoms with Gasteiger partial charge in [-0.3, -0.25) is 9.59 Å². The molecule has 0 bridgehead atoms. The zero-order valence-corrected chi connectivity index (χ0v) is 42.1. The summed E-state index contributed by atoms with van der Waals surface area (Å²) in [4.78, 5) is 60.4. The van der Waals surface area contributed by atoms with Crippen LogP contribution in [-0.2, 0) is 23.9 Å². The van der Waals surface area contributed by atoms with Gasteiger partial charge < -0.3 is 33.2 Å². The molecule has 0 aromatic heterocycles. The second-order valence-electron chi connectivity index (χ2n) is 17.3. The highest BCUT2D eigenvalue weighted by atomic mass is 16.5. The molecule has 5 rings (SSSR count). The number of allylic oxidation sites excluding steroid dienone is 1. The van der Waals surface area contributed by atoms with E-state index < -0.39 is 29.5 Å². The van der Waals surface area contributed by atoms with Gasteiger partial charge in [-0.1, -0.05) is 56.9 Å². The zero-order chi connectivity index (χ0) is 51.9. The highest BCUT2D eigenvalue weighted by Gasteiger charge is 2.18. The lowest BCUT2D eigenvalue weighted by Gasteiger charge is -2.13. The van der Waals surface area contributed by atoms with Crippen LogP contribution in [0, 0.1) is 11.8 Å². The second-order valence-corrected chi connectivity index (χ2v) is 17.3.